The van der Waals surface area contributed by atoms with Gasteiger partial charge in [-0.1, -0.05) is 37.3 Å². The van der Waals surface area contributed by atoms with Crippen molar-refractivity contribution in [2.24, 2.45) is 0 Å². The average molecular weight is 398 g/mol. The maximum atomic E-state index is 14.0. The van der Waals surface area contributed by atoms with Gasteiger partial charge in [-0.25, -0.2) is 4.39 Å². The van der Waals surface area contributed by atoms with E-state index >= 15 is 0 Å². The van der Waals surface area contributed by atoms with Crippen LogP contribution in [0.3, 0.4) is 0 Å². The molecule has 1 saturated heterocycles. The van der Waals surface area contributed by atoms with E-state index < -0.39 is 11.9 Å². The minimum Gasteiger partial charge on any atom is -0.478 e. The highest BCUT2D eigenvalue weighted by Crippen LogP contribution is 2.37. The fourth-order valence-electron chi connectivity index (χ4n) is 4.13. The molecule has 0 aliphatic carbocycles. The van der Waals surface area contributed by atoms with Gasteiger partial charge in [0.15, 0.2) is 17.7 Å². The van der Waals surface area contributed by atoms with Crippen molar-refractivity contribution in [3.63, 3.8) is 0 Å². The maximum absolute atomic E-state index is 14.0. The number of ether oxygens (including phenoxy) is 2. The van der Waals surface area contributed by atoms with E-state index in [9.17, 15) is 9.18 Å². The Balaban J connectivity index is 1.52. The SMILES string of the molecule is CC[C@H](Oc1ccccc1F)C(=O)N1C[C@@H](CN2CCOCC2)c2ccccc21. The van der Waals surface area contributed by atoms with Crippen LogP contribution in [0.2, 0.25) is 0 Å². The Morgan fingerprint density at radius 3 is 2.66 bits per heavy atom. The standard InChI is InChI=1S/C23H27FN2O3/c1-2-21(29-22-10-6-4-8-19(22)24)23(27)26-16-17(15-25-11-13-28-14-12-25)18-7-3-5-9-20(18)26/h3-10,17,21H,2,11-16H2,1H3/t17-,21+/m1/s1. The Bertz CT molecular complexity index is 854. The summed E-state index contributed by atoms with van der Waals surface area (Å²) in [4.78, 5) is 17.5. The fraction of sp³-hybridized carbons (Fsp3) is 0.435. The molecular formula is C23H27FN2O3. The summed E-state index contributed by atoms with van der Waals surface area (Å²) in [6.45, 7) is 6.75. The molecule has 0 spiro atoms. The summed E-state index contributed by atoms with van der Waals surface area (Å²) in [5.41, 5.74) is 2.12. The summed E-state index contributed by atoms with van der Waals surface area (Å²) in [6.07, 6.45) is -0.248. The van der Waals surface area contributed by atoms with Gasteiger partial charge in [-0.3, -0.25) is 9.69 Å². The predicted molar refractivity (Wildman–Crippen MR) is 110 cm³/mol. The van der Waals surface area contributed by atoms with Gasteiger partial charge in [-0.2, -0.15) is 0 Å². The zero-order valence-electron chi connectivity index (χ0n) is 16.7. The van der Waals surface area contributed by atoms with Crippen molar-refractivity contribution in [3.05, 3.63) is 59.9 Å². The van der Waals surface area contributed by atoms with Crippen LogP contribution in [0.15, 0.2) is 48.5 Å². The number of anilines is 1. The lowest BCUT2D eigenvalue weighted by Crippen LogP contribution is -2.43. The number of hydrogen-bond donors (Lipinski definition) is 0. The van der Waals surface area contributed by atoms with Gasteiger partial charge in [-0.05, 0) is 30.2 Å². The van der Waals surface area contributed by atoms with E-state index in [4.69, 9.17) is 9.47 Å². The molecule has 0 bridgehead atoms. The second-order valence-electron chi connectivity index (χ2n) is 7.56. The third-order valence-corrected chi connectivity index (χ3v) is 5.67. The van der Waals surface area contributed by atoms with Gasteiger partial charge in [0, 0.05) is 37.8 Å². The smallest absolute Gasteiger partial charge is 0.268 e. The van der Waals surface area contributed by atoms with Gasteiger partial charge in [0.1, 0.15) is 0 Å². The molecule has 2 aliphatic heterocycles. The van der Waals surface area contributed by atoms with E-state index in [1.165, 1.54) is 11.6 Å². The molecule has 154 valence electrons. The van der Waals surface area contributed by atoms with Crippen molar-refractivity contribution in [1.29, 1.82) is 0 Å². The molecule has 1 fully saturated rings. The molecular weight excluding hydrogens is 371 g/mol. The molecule has 0 saturated carbocycles. The van der Waals surface area contributed by atoms with Crippen LogP contribution < -0.4 is 9.64 Å². The molecule has 0 unspecified atom stereocenters. The summed E-state index contributed by atoms with van der Waals surface area (Å²) in [5, 5.41) is 0. The number of carbonyl (C=O) groups excluding carboxylic acids is 1. The number of nitrogens with zero attached hydrogens (tertiary/aromatic N) is 2. The molecule has 6 heteroatoms. The highest BCUT2D eigenvalue weighted by atomic mass is 19.1. The Morgan fingerprint density at radius 1 is 1.17 bits per heavy atom. The molecule has 5 nitrogen and oxygen atoms in total. The van der Waals surface area contributed by atoms with Crippen LogP contribution in [-0.4, -0.2) is 56.3 Å². The topological polar surface area (TPSA) is 42.0 Å². The monoisotopic (exact) mass is 398 g/mol. The molecule has 1 amide bonds. The van der Waals surface area contributed by atoms with Crippen molar-refractivity contribution < 1.29 is 18.7 Å². The zero-order chi connectivity index (χ0) is 20.2. The van der Waals surface area contributed by atoms with Crippen LogP contribution in [0.1, 0.15) is 24.8 Å². The highest BCUT2D eigenvalue weighted by Gasteiger charge is 2.36. The van der Waals surface area contributed by atoms with Gasteiger partial charge < -0.3 is 14.4 Å². The van der Waals surface area contributed by atoms with Crippen LogP contribution in [0.25, 0.3) is 0 Å². The van der Waals surface area contributed by atoms with Gasteiger partial charge in [0.25, 0.3) is 5.91 Å². The van der Waals surface area contributed by atoms with Gasteiger partial charge >= 0.3 is 0 Å². The first-order valence-electron chi connectivity index (χ1n) is 10.3. The second kappa shape index (κ2) is 8.93. The Labute approximate surface area is 171 Å². The number of amides is 1. The van der Waals surface area contributed by atoms with Crippen molar-refractivity contribution in [2.75, 3.05) is 44.3 Å². The molecule has 2 aromatic rings. The summed E-state index contributed by atoms with van der Waals surface area (Å²) >= 11 is 0. The lowest BCUT2D eigenvalue weighted by Gasteiger charge is -2.29. The lowest BCUT2D eigenvalue weighted by atomic mass is 10.0. The first kappa shape index (κ1) is 19.9. The predicted octanol–water partition coefficient (Wildman–Crippen LogP) is 3.45. The van der Waals surface area contributed by atoms with Crippen molar-refractivity contribution >= 4 is 11.6 Å². The largest absolute Gasteiger partial charge is 0.478 e. The molecule has 0 N–H and O–H groups in total. The summed E-state index contributed by atoms with van der Waals surface area (Å²) < 4.78 is 25.3. The molecule has 2 aliphatic rings. The molecule has 0 aromatic heterocycles. The van der Waals surface area contributed by atoms with Crippen LogP contribution in [0, 0.1) is 5.82 Å². The average Bonchev–Trinajstić information content (AvgIpc) is 3.12. The Hall–Kier alpha value is -2.44. The lowest BCUT2D eigenvalue weighted by molar-refractivity contribution is -0.125. The van der Waals surface area contributed by atoms with Gasteiger partial charge in [0.2, 0.25) is 0 Å². The molecule has 2 heterocycles. The summed E-state index contributed by atoms with van der Waals surface area (Å²) in [5.74, 6) is -0.206. The molecule has 4 rings (SSSR count). The number of para-hydroxylation sites is 2. The number of benzene rings is 2. The minimum atomic E-state index is -0.720. The zero-order valence-corrected chi connectivity index (χ0v) is 16.7. The number of halogens is 1. The van der Waals surface area contributed by atoms with Gasteiger partial charge in [0.05, 0.1) is 13.2 Å². The van der Waals surface area contributed by atoms with E-state index in [0.717, 1.165) is 38.5 Å². The van der Waals surface area contributed by atoms with Crippen LogP contribution >= 0.6 is 0 Å². The van der Waals surface area contributed by atoms with E-state index in [-0.39, 0.29) is 17.6 Å². The first-order chi connectivity index (χ1) is 14.2. The Kier molecular flexibility index (Phi) is 6.11. The third-order valence-electron chi connectivity index (χ3n) is 5.67. The highest BCUT2D eigenvalue weighted by molar-refractivity contribution is 5.99. The number of carbonyl (C=O) groups is 1. The number of morpholine rings is 1. The molecule has 0 radical (unpaired) electrons. The molecule has 2 atom stereocenters. The van der Waals surface area contributed by atoms with E-state index in [0.29, 0.717) is 13.0 Å². The van der Waals surface area contributed by atoms with E-state index in [2.05, 4.69) is 11.0 Å². The number of fused-ring (bicyclic) bond motifs is 1. The van der Waals surface area contributed by atoms with Gasteiger partial charge in [-0.15, -0.1) is 0 Å². The van der Waals surface area contributed by atoms with E-state index in [1.807, 2.05) is 30.0 Å². The summed E-state index contributed by atoms with van der Waals surface area (Å²) in [7, 11) is 0. The number of hydrogen-bond acceptors (Lipinski definition) is 4. The van der Waals surface area contributed by atoms with Crippen molar-refractivity contribution in [2.45, 2.75) is 25.4 Å². The van der Waals surface area contributed by atoms with Crippen molar-refractivity contribution in [3.8, 4) is 5.75 Å². The Morgan fingerprint density at radius 2 is 1.90 bits per heavy atom. The summed E-state index contributed by atoms with van der Waals surface area (Å²) in [6, 6.07) is 14.3. The minimum absolute atomic E-state index is 0.116. The van der Waals surface area contributed by atoms with Crippen molar-refractivity contribution in [1.82, 2.24) is 4.90 Å². The maximum Gasteiger partial charge on any atom is 0.268 e. The number of rotatable bonds is 6. The third kappa shape index (κ3) is 4.28. The van der Waals surface area contributed by atoms with Crippen LogP contribution in [-0.2, 0) is 9.53 Å². The normalized spacial score (nSPS) is 20.3. The molecule has 2 aromatic carbocycles. The molecule has 29 heavy (non-hydrogen) atoms. The van der Waals surface area contributed by atoms with Crippen LogP contribution in [0.4, 0.5) is 10.1 Å². The first-order valence-corrected chi connectivity index (χ1v) is 10.3. The second-order valence-corrected chi connectivity index (χ2v) is 7.56. The van der Waals surface area contributed by atoms with E-state index in [1.54, 1.807) is 18.2 Å². The fourth-order valence-corrected chi connectivity index (χ4v) is 4.13. The quantitative estimate of drug-likeness (QED) is 0.748. The van der Waals surface area contributed by atoms with Crippen LogP contribution in [0.5, 0.6) is 5.75 Å².